The molecule has 0 radical (unpaired) electrons. The molecule has 9 heteroatoms. The molecule has 0 bridgehead atoms. The van der Waals surface area contributed by atoms with E-state index in [1.807, 2.05) is 19.0 Å². The highest BCUT2D eigenvalue weighted by Crippen LogP contribution is 2.27. The highest BCUT2D eigenvalue weighted by atomic mass is 32.2. The number of carboxylic acid groups (broad SMARTS) is 1. The summed E-state index contributed by atoms with van der Waals surface area (Å²) >= 11 is 0. The molecule has 0 aliphatic carbocycles. The minimum Gasteiger partial charge on any atom is -0.478 e. The molecule has 2 heterocycles. The molecule has 0 saturated carbocycles. The Morgan fingerprint density at radius 1 is 1.15 bits per heavy atom. The Hall–Kier alpha value is -2.49. The molecule has 3 rings (SSSR count). The number of anilines is 1. The van der Waals surface area contributed by atoms with Gasteiger partial charge in [-0.2, -0.15) is 4.31 Å². The quantitative estimate of drug-likeness (QED) is 0.825. The van der Waals surface area contributed by atoms with Gasteiger partial charge in [-0.3, -0.25) is 0 Å². The minimum atomic E-state index is -3.81. The van der Waals surface area contributed by atoms with Crippen molar-refractivity contribution in [2.24, 2.45) is 0 Å². The summed E-state index contributed by atoms with van der Waals surface area (Å²) in [6.07, 6.45) is 1.60. The minimum absolute atomic E-state index is 0.0454. The van der Waals surface area contributed by atoms with Gasteiger partial charge in [0.25, 0.3) is 0 Å². The first kappa shape index (κ1) is 19.3. The van der Waals surface area contributed by atoms with Crippen LogP contribution < -0.4 is 4.90 Å². The molecule has 8 nitrogen and oxygen atoms in total. The predicted molar refractivity (Wildman–Crippen MR) is 101 cm³/mol. The van der Waals surface area contributed by atoms with E-state index in [1.165, 1.54) is 22.5 Å². The summed E-state index contributed by atoms with van der Waals surface area (Å²) in [5.74, 6) is -0.442. The maximum atomic E-state index is 12.9. The molecule has 1 aliphatic heterocycles. The fraction of sp³-hybridized carbons (Fsp3) is 0.333. The molecular formula is C18H21N3O5S. The van der Waals surface area contributed by atoms with Crippen LogP contribution in [0.15, 0.2) is 41.4 Å². The summed E-state index contributed by atoms with van der Waals surface area (Å²) < 4.78 is 32.4. The van der Waals surface area contributed by atoms with E-state index < -0.39 is 16.0 Å². The zero-order chi connectivity index (χ0) is 19.6. The Morgan fingerprint density at radius 2 is 1.85 bits per heavy atom. The Kier molecular flexibility index (Phi) is 5.45. The number of aromatic nitrogens is 1. The van der Waals surface area contributed by atoms with Crippen LogP contribution in [0.4, 0.5) is 5.82 Å². The van der Waals surface area contributed by atoms with E-state index in [4.69, 9.17) is 4.74 Å². The Balaban J connectivity index is 2.06. The van der Waals surface area contributed by atoms with Crippen molar-refractivity contribution in [1.29, 1.82) is 0 Å². The second-order valence-electron chi connectivity index (χ2n) is 6.37. The Bertz CT molecular complexity index is 936. The van der Waals surface area contributed by atoms with Gasteiger partial charge in [-0.15, -0.1) is 0 Å². The largest absolute Gasteiger partial charge is 0.478 e. The highest BCUT2D eigenvalue weighted by molar-refractivity contribution is 7.89. The van der Waals surface area contributed by atoms with Crippen LogP contribution in [0.5, 0.6) is 0 Å². The van der Waals surface area contributed by atoms with Gasteiger partial charge in [0.2, 0.25) is 10.0 Å². The Morgan fingerprint density at radius 3 is 2.41 bits per heavy atom. The normalized spacial score (nSPS) is 15.5. The van der Waals surface area contributed by atoms with Crippen LogP contribution >= 0.6 is 0 Å². The lowest BCUT2D eigenvalue weighted by molar-refractivity contribution is 0.0696. The molecule has 144 valence electrons. The molecule has 0 spiro atoms. The van der Waals surface area contributed by atoms with Crippen molar-refractivity contribution < 1.29 is 23.1 Å². The smallest absolute Gasteiger partial charge is 0.335 e. The topological polar surface area (TPSA) is 100 Å². The van der Waals surface area contributed by atoms with Gasteiger partial charge in [0.15, 0.2) is 0 Å². The fourth-order valence-electron chi connectivity index (χ4n) is 2.80. The van der Waals surface area contributed by atoms with Crippen LogP contribution in [0.1, 0.15) is 10.4 Å². The molecule has 1 aromatic carbocycles. The van der Waals surface area contributed by atoms with Crippen LogP contribution in [0.2, 0.25) is 0 Å². The number of ether oxygens (including phenoxy) is 1. The van der Waals surface area contributed by atoms with E-state index in [1.54, 1.807) is 18.3 Å². The number of carboxylic acids is 1. The summed E-state index contributed by atoms with van der Waals surface area (Å²) in [6, 6.07) is 7.71. The first-order valence-electron chi connectivity index (χ1n) is 8.39. The summed E-state index contributed by atoms with van der Waals surface area (Å²) in [4.78, 5) is 17.6. The highest BCUT2D eigenvalue weighted by Gasteiger charge is 2.27. The second-order valence-corrected chi connectivity index (χ2v) is 8.31. The first-order valence-corrected chi connectivity index (χ1v) is 9.83. The maximum absolute atomic E-state index is 12.9. The number of nitrogens with zero attached hydrogens (tertiary/aromatic N) is 3. The summed E-state index contributed by atoms with van der Waals surface area (Å²) in [7, 11) is -0.0864. The third-order valence-electron chi connectivity index (χ3n) is 4.30. The number of rotatable bonds is 5. The lowest BCUT2D eigenvalue weighted by Crippen LogP contribution is -2.40. The van der Waals surface area contributed by atoms with E-state index in [0.717, 1.165) is 5.82 Å². The first-order chi connectivity index (χ1) is 12.8. The van der Waals surface area contributed by atoms with Crippen molar-refractivity contribution >= 4 is 21.8 Å². The van der Waals surface area contributed by atoms with Crippen molar-refractivity contribution in [2.75, 3.05) is 45.3 Å². The predicted octanol–water partition coefficient (Wildman–Crippen LogP) is 1.53. The summed E-state index contributed by atoms with van der Waals surface area (Å²) in [6.45, 7) is 1.13. The van der Waals surface area contributed by atoms with E-state index in [0.29, 0.717) is 24.3 Å². The number of hydrogen-bond acceptors (Lipinski definition) is 6. The fourth-order valence-corrected chi connectivity index (χ4v) is 4.28. The zero-order valence-electron chi connectivity index (χ0n) is 15.1. The van der Waals surface area contributed by atoms with Crippen LogP contribution in [0, 0.1) is 0 Å². The van der Waals surface area contributed by atoms with Crippen LogP contribution in [-0.4, -0.2) is 69.2 Å². The lowest BCUT2D eigenvalue weighted by Gasteiger charge is -2.26. The molecular weight excluding hydrogens is 370 g/mol. The maximum Gasteiger partial charge on any atom is 0.335 e. The van der Waals surface area contributed by atoms with Crippen molar-refractivity contribution in [2.45, 2.75) is 4.90 Å². The van der Waals surface area contributed by atoms with Crippen molar-refractivity contribution in [3.8, 4) is 11.1 Å². The average Bonchev–Trinajstić information content (AvgIpc) is 2.68. The van der Waals surface area contributed by atoms with Gasteiger partial charge < -0.3 is 14.7 Å². The number of sulfonamides is 1. The standard InChI is InChI=1S/C18H21N3O5S/c1-20(2)17-4-3-13(12-19-17)14-9-15(18(22)23)11-16(10-14)27(24,25)21-5-7-26-8-6-21/h3-4,9-12H,5-8H2,1-2H3,(H,22,23). The van der Waals surface area contributed by atoms with Crippen LogP contribution in [-0.2, 0) is 14.8 Å². The molecule has 1 aromatic heterocycles. The molecule has 0 unspecified atom stereocenters. The van der Waals surface area contributed by atoms with E-state index in [2.05, 4.69) is 4.98 Å². The number of aromatic carboxylic acids is 1. The summed E-state index contributed by atoms with van der Waals surface area (Å²) in [5, 5.41) is 9.42. The van der Waals surface area contributed by atoms with Gasteiger partial charge in [0.1, 0.15) is 5.82 Å². The Labute approximate surface area is 158 Å². The van der Waals surface area contributed by atoms with E-state index in [-0.39, 0.29) is 23.5 Å². The monoisotopic (exact) mass is 391 g/mol. The van der Waals surface area contributed by atoms with Gasteiger partial charge in [0, 0.05) is 38.9 Å². The number of pyridine rings is 1. The van der Waals surface area contributed by atoms with Gasteiger partial charge in [-0.05, 0) is 35.9 Å². The van der Waals surface area contributed by atoms with Crippen molar-refractivity contribution in [3.63, 3.8) is 0 Å². The molecule has 1 saturated heterocycles. The molecule has 1 aliphatic rings. The summed E-state index contributed by atoms with van der Waals surface area (Å²) in [5.41, 5.74) is 1.04. The van der Waals surface area contributed by atoms with Crippen LogP contribution in [0.25, 0.3) is 11.1 Å². The van der Waals surface area contributed by atoms with Gasteiger partial charge in [0.05, 0.1) is 23.7 Å². The number of benzene rings is 1. The van der Waals surface area contributed by atoms with Gasteiger partial charge >= 0.3 is 5.97 Å². The third-order valence-corrected chi connectivity index (χ3v) is 6.18. The van der Waals surface area contributed by atoms with Gasteiger partial charge in [-0.1, -0.05) is 0 Å². The lowest BCUT2D eigenvalue weighted by atomic mass is 10.0. The molecule has 1 fully saturated rings. The molecule has 0 amide bonds. The average molecular weight is 391 g/mol. The van der Waals surface area contributed by atoms with E-state index in [9.17, 15) is 18.3 Å². The zero-order valence-corrected chi connectivity index (χ0v) is 15.9. The second kappa shape index (κ2) is 7.63. The molecule has 2 aromatic rings. The van der Waals surface area contributed by atoms with E-state index >= 15 is 0 Å². The van der Waals surface area contributed by atoms with Gasteiger partial charge in [-0.25, -0.2) is 18.2 Å². The molecule has 0 atom stereocenters. The third kappa shape index (κ3) is 4.10. The number of carbonyl (C=O) groups is 1. The van der Waals surface area contributed by atoms with Crippen LogP contribution in [0.3, 0.4) is 0 Å². The molecule has 27 heavy (non-hydrogen) atoms. The van der Waals surface area contributed by atoms with Crippen molar-refractivity contribution in [1.82, 2.24) is 9.29 Å². The molecule has 1 N–H and O–H groups in total. The van der Waals surface area contributed by atoms with Crippen molar-refractivity contribution in [3.05, 3.63) is 42.1 Å². The SMILES string of the molecule is CN(C)c1ccc(-c2cc(C(=O)O)cc(S(=O)(=O)N3CCOCC3)c2)cn1. The number of hydrogen-bond donors (Lipinski definition) is 1. The number of morpholine rings is 1.